The average Bonchev–Trinajstić information content (AvgIpc) is 2.80. The highest BCUT2D eigenvalue weighted by Crippen LogP contribution is 2.65. The average molecular weight is 237 g/mol. The SMILES string of the molecule is C=C1C(C)(C)[C@@H]2CC[C@@]1(C(=O)NCCOC)C2. The van der Waals surface area contributed by atoms with Gasteiger partial charge in [-0.3, -0.25) is 4.79 Å². The van der Waals surface area contributed by atoms with Gasteiger partial charge >= 0.3 is 0 Å². The zero-order valence-electron chi connectivity index (χ0n) is 11.1. The predicted octanol–water partition coefficient (Wildman–Crippen LogP) is 2.13. The zero-order chi connectivity index (χ0) is 12.7. The van der Waals surface area contributed by atoms with Crippen molar-refractivity contribution in [3.05, 3.63) is 12.2 Å². The first kappa shape index (κ1) is 12.6. The van der Waals surface area contributed by atoms with Crippen LogP contribution in [0.5, 0.6) is 0 Å². The van der Waals surface area contributed by atoms with E-state index < -0.39 is 0 Å². The molecule has 2 aliphatic rings. The molecule has 1 amide bonds. The number of carbonyl (C=O) groups excluding carboxylic acids is 1. The Morgan fingerprint density at radius 1 is 1.59 bits per heavy atom. The van der Waals surface area contributed by atoms with E-state index in [0.29, 0.717) is 19.1 Å². The van der Waals surface area contributed by atoms with Crippen molar-refractivity contribution in [2.45, 2.75) is 33.1 Å². The Morgan fingerprint density at radius 2 is 2.29 bits per heavy atom. The number of rotatable bonds is 4. The number of amides is 1. The molecule has 1 N–H and O–H groups in total. The number of carbonyl (C=O) groups is 1. The minimum Gasteiger partial charge on any atom is -0.383 e. The van der Waals surface area contributed by atoms with Crippen molar-refractivity contribution in [1.82, 2.24) is 5.32 Å². The van der Waals surface area contributed by atoms with E-state index >= 15 is 0 Å². The summed E-state index contributed by atoms with van der Waals surface area (Å²) in [4.78, 5) is 12.4. The molecule has 0 saturated heterocycles. The van der Waals surface area contributed by atoms with Gasteiger partial charge in [0.25, 0.3) is 0 Å². The van der Waals surface area contributed by atoms with Crippen LogP contribution in [0.4, 0.5) is 0 Å². The predicted molar refractivity (Wildman–Crippen MR) is 67.6 cm³/mol. The second-order valence-electron chi connectivity index (χ2n) is 5.97. The standard InChI is InChI=1S/C14H23NO2/c1-10-13(2,3)11-5-6-14(10,9-11)12(16)15-7-8-17-4/h11H,1,5-9H2,2-4H3,(H,15,16)/t11-,14-/m1/s1. The van der Waals surface area contributed by atoms with Gasteiger partial charge in [0.05, 0.1) is 12.0 Å². The molecule has 2 aliphatic carbocycles. The molecule has 0 spiro atoms. The zero-order valence-corrected chi connectivity index (χ0v) is 11.1. The molecule has 2 saturated carbocycles. The fraction of sp³-hybridized carbons (Fsp3) is 0.786. The number of hydrogen-bond acceptors (Lipinski definition) is 2. The molecule has 0 heterocycles. The highest BCUT2D eigenvalue weighted by molar-refractivity contribution is 5.87. The summed E-state index contributed by atoms with van der Waals surface area (Å²) < 4.78 is 4.96. The summed E-state index contributed by atoms with van der Waals surface area (Å²) in [5.41, 5.74) is 0.967. The van der Waals surface area contributed by atoms with E-state index in [0.717, 1.165) is 24.8 Å². The molecule has 0 unspecified atom stereocenters. The smallest absolute Gasteiger partial charge is 0.230 e. The number of hydrogen-bond donors (Lipinski definition) is 1. The molecule has 2 atom stereocenters. The summed E-state index contributed by atoms with van der Waals surface area (Å²) in [6.45, 7) is 9.83. The summed E-state index contributed by atoms with van der Waals surface area (Å²) in [6, 6.07) is 0. The van der Waals surface area contributed by atoms with Gasteiger partial charge in [-0.05, 0) is 30.6 Å². The third-order valence-corrected chi connectivity index (χ3v) is 4.92. The Bertz CT molecular complexity index is 348. The molecule has 0 radical (unpaired) electrons. The van der Waals surface area contributed by atoms with Crippen LogP contribution in [0.3, 0.4) is 0 Å². The minimum absolute atomic E-state index is 0.122. The summed E-state index contributed by atoms with van der Waals surface area (Å²) >= 11 is 0. The Morgan fingerprint density at radius 3 is 2.82 bits per heavy atom. The first-order valence-corrected chi connectivity index (χ1v) is 6.42. The summed E-state index contributed by atoms with van der Waals surface area (Å²) in [5.74, 6) is 0.788. The van der Waals surface area contributed by atoms with Crippen LogP contribution in [0, 0.1) is 16.7 Å². The summed E-state index contributed by atoms with van der Waals surface area (Å²) in [5, 5.41) is 2.99. The van der Waals surface area contributed by atoms with E-state index in [2.05, 4.69) is 25.7 Å². The molecule has 0 aromatic carbocycles. The maximum absolute atomic E-state index is 12.4. The van der Waals surface area contributed by atoms with Crippen molar-refractivity contribution in [2.24, 2.45) is 16.7 Å². The lowest BCUT2D eigenvalue weighted by molar-refractivity contribution is -0.128. The third-order valence-electron chi connectivity index (χ3n) is 4.92. The molecule has 96 valence electrons. The third kappa shape index (κ3) is 1.71. The maximum atomic E-state index is 12.4. The lowest BCUT2D eigenvalue weighted by atomic mass is 9.68. The van der Waals surface area contributed by atoms with Crippen molar-refractivity contribution >= 4 is 5.91 Å². The lowest BCUT2D eigenvalue weighted by Crippen LogP contribution is -2.42. The number of ether oxygens (including phenoxy) is 1. The van der Waals surface area contributed by atoms with Crippen LogP contribution < -0.4 is 5.32 Å². The van der Waals surface area contributed by atoms with Gasteiger partial charge in [0.2, 0.25) is 5.91 Å². The highest BCUT2D eigenvalue weighted by Gasteiger charge is 2.60. The molecule has 0 aliphatic heterocycles. The monoisotopic (exact) mass is 237 g/mol. The summed E-state index contributed by atoms with van der Waals surface area (Å²) in [6.07, 6.45) is 3.11. The molecule has 2 bridgehead atoms. The van der Waals surface area contributed by atoms with E-state index in [1.165, 1.54) is 0 Å². The molecule has 3 heteroatoms. The van der Waals surface area contributed by atoms with Crippen LogP contribution in [0.15, 0.2) is 12.2 Å². The van der Waals surface area contributed by atoms with Crippen molar-refractivity contribution < 1.29 is 9.53 Å². The van der Waals surface area contributed by atoms with Gasteiger partial charge in [-0.2, -0.15) is 0 Å². The molecule has 2 rings (SSSR count). The normalized spacial score (nSPS) is 34.1. The highest BCUT2D eigenvalue weighted by atomic mass is 16.5. The van der Waals surface area contributed by atoms with E-state index in [1.807, 2.05) is 0 Å². The second kappa shape index (κ2) is 4.13. The molecular weight excluding hydrogens is 214 g/mol. The van der Waals surface area contributed by atoms with Crippen LogP contribution in [-0.2, 0) is 9.53 Å². The largest absolute Gasteiger partial charge is 0.383 e. The quantitative estimate of drug-likeness (QED) is 0.601. The molecule has 0 aromatic rings. The van der Waals surface area contributed by atoms with Gasteiger partial charge in [0.1, 0.15) is 0 Å². The Balaban J connectivity index is 2.10. The summed E-state index contributed by atoms with van der Waals surface area (Å²) in [7, 11) is 1.65. The Labute approximate surface area is 104 Å². The van der Waals surface area contributed by atoms with Gasteiger partial charge in [-0.1, -0.05) is 26.0 Å². The van der Waals surface area contributed by atoms with Crippen LogP contribution in [0.2, 0.25) is 0 Å². The number of fused-ring (bicyclic) bond motifs is 2. The van der Waals surface area contributed by atoms with Crippen LogP contribution in [0.25, 0.3) is 0 Å². The molecule has 3 nitrogen and oxygen atoms in total. The van der Waals surface area contributed by atoms with Crippen LogP contribution >= 0.6 is 0 Å². The van der Waals surface area contributed by atoms with E-state index in [1.54, 1.807) is 7.11 Å². The molecule has 17 heavy (non-hydrogen) atoms. The van der Waals surface area contributed by atoms with Gasteiger partial charge in [-0.25, -0.2) is 0 Å². The minimum atomic E-state index is -0.290. The van der Waals surface area contributed by atoms with Crippen LogP contribution in [0.1, 0.15) is 33.1 Å². The van der Waals surface area contributed by atoms with Gasteiger partial charge in [0.15, 0.2) is 0 Å². The Hall–Kier alpha value is -0.830. The topological polar surface area (TPSA) is 38.3 Å². The van der Waals surface area contributed by atoms with Crippen LogP contribution in [-0.4, -0.2) is 26.2 Å². The first-order valence-electron chi connectivity index (χ1n) is 6.42. The van der Waals surface area contributed by atoms with E-state index in [-0.39, 0.29) is 16.7 Å². The van der Waals surface area contributed by atoms with Crippen molar-refractivity contribution in [1.29, 1.82) is 0 Å². The Kier molecular flexibility index (Phi) is 3.06. The van der Waals surface area contributed by atoms with Crippen molar-refractivity contribution in [2.75, 3.05) is 20.3 Å². The van der Waals surface area contributed by atoms with E-state index in [9.17, 15) is 4.79 Å². The molecule has 0 aromatic heterocycles. The number of methoxy groups -OCH3 is 1. The molecule has 2 fully saturated rings. The van der Waals surface area contributed by atoms with E-state index in [4.69, 9.17) is 4.74 Å². The fourth-order valence-corrected chi connectivity index (χ4v) is 3.58. The lowest BCUT2D eigenvalue weighted by Gasteiger charge is -2.37. The van der Waals surface area contributed by atoms with Gasteiger partial charge in [0, 0.05) is 13.7 Å². The second-order valence-corrected chi connectivity index (χ2v) is 5.97. The maximum Gasteiger partial charge on any atom is 0.230 e. The fourth-order valence-electron chi connectivity index (χ4n) is 3.58. The van der Waals surface area contributed by atoms with Gasteiger partial charge in [-0.15, -0.1) is 0 Å². The number of nitrogens with one attached hydrogen (secondary N) is 1. The van der Waals surface area contributed by atoms with Crippen molar-refractivity contribution in [3.63, 3.8) is 0 Å². The first-order chi connectivity index (χ1) is 7.95. The van der Waals surface area contributed by atoms with Crippen molar-refractivity contribution in [3.8, 4) is 0 Å². The molecular formula is C14H23NO2. The van der Waals surface area contributed by atoms with Gasteiger partial charge < -0.3 is 10.1 Å².